The lowest BCUT2D eigenvalue weighted by molar-refractivity contribution is -0.153. The van der Waals surface area contributed by atoms with E-state index >= 15 is 0 Å². The fourth-order valence-electron chi connectivity index (χ4n) is 4.31. The fraction of sp³-hybridized carbons (Fsp3) is 0.552. The first-order chi connectivity index (χ1) is 18.6. The van der Waals surface area contributed by atoms with Crippen LogP contribution in [0.1, 0.15) is 34.6 Å². The van der Waals surface area contributed by atoms with Gasteiger partial charge in [-0.05, 0) is 69.3 Å². The van der Waals surface area contributed by atoms with Gasteiger partial charge in [-0.15, -0.1) is 0 Å². The van der Waals surface area contributed by atoms with Gasteiger partial charge < -0.3 is 25.0 Å². The standard InChI is InChI=1S/C29H43F2N5O3/c1-6-36(7-2)14-15-38-23-11-9-22(10-12-23)35-28-33-17-21(18-34-28)24-13-8-20(26(30)27(24)31)16-32-19-25(37)39-29(3,4)5/h8-13,27-28,32-35H,6-7,14-19H2,1-5H3. The number of rotatable bonds is 12. The highest BCUT2D eigenvalue weighted by molar-refractivity contribution is 5.72. The average Bonchev–Trinajstić information content (AvgIpc) is 2.90. The Kier molecular flexibility index (Phi) is 11.5. The zero-order valence-corrected chi connectivity index (χ0v) is 23.7. The van der Waals surface area contributed by atoms with Gasteiger partial charge in [-0.1, -0.05) is 26.0 Å². The number of esters is 1. The Balaban J connectivity index is 1.45. The molecule has 3 rings (SSSR count). The Morgan fingerprint density at radius 2 is 1.77 bits per heavy atom. The van der Waals surface area contributed by atoms with E-state index in [0.717, 1.165) is 36.6 Å². The molecule has 0 spiro atoms. The minimum atomic E-state index is -1.84. The number of likely N-dealkylation sites (N-methyl/N-ethyl adjacent to an activating group) is 1. The Morgan fingerprint density at radius 3 is 2.38 bits per heavy atom. The normalized spacial score (nSPS) is 20.0. The highest BCUT2D eigenvalue weighted by Crippen LogP contribution is 2.30. The van der Waals surface area contributed by atoms with Crippen molar-refractivity contribution in [3.8, 4) is 5.75 Å². The first-order valence-electron chi connectivity index (χ1n) is 13.6. The average molecular weight is 548 g/mol. The molecule has 1 aliphatic carbocycles. The van der Waals surface area contributed by atoms with E-state index in [1.54, 1.807) is 32.9 Å². The highest BCUT2D eigenvalue weighted by atomic mass is 19.2. The van der Waals surface area contributed by atoms with Crippen LogP contribution in [-0.4, -0.2) is 81.4 Å². The zero-order chi connectivity index (χ0) is 28.4. The molecule has 0 radical (unpaired) electrons. The molecule has 0 aromatic heterocycles. The molecule has 1 aromatic rings. The van der Waals surface area contributed by atoms with Crippen molar-refractivity contribution in [2.45, 2.75) is 52.7 Å². The van der Waals surface area contributed by atoms with Crippen LogP contribution in [0.25, 0.3) is 0 Å². The maximum Gasteiger partial charge on any atom is 0.320 e. The molecule has 39 heavy (non-hydrogen) atoms. The molecule has 1 aromatic carbocycles. The number of allylic oxidation sites excluding steroid dienone is 3. The fourth-order valence-corrected chi connectivity index (χ4v) is 4.31. The van der Waals surface area contributed by atoms with Crippen LogP contribution >= 0.6 is 0 Å². The number of benzene rings is 1. The lowest BCUT2D eigenvalue weighted by atomic mass is 9.94. The van der Waals surface area contributed by atoms with Crippen molar-refractivity contribution in [2.24, 2.45) is 0 Å². The van der Waals surface area contributed by atoms with Crippen molar-refractivity contribution in [2.75, 3.05) is 57.7 Å². The molecule has 0 bridgehead atoms. The van der Waals surface area contributed by atoms with Gasteiger partial charge in [0.15, 0.2) is 6.17 Å². The van der Waals surface area contributed by atoms with E-state index in [4.69, 9.17) is 9.47 Å². The first-order valence-corrected chi connectivity index (χ1v) is 13.6. The maximum atomic E-state index is 15.0. The third-order valence-corrected chi connectivity index (χ3v) is 6.45. The van der Waals surface area contributed by atoms with Crippen LogP contribution in [0.3, 0.4) is 0 Å². The van der Waals surface area contributed by atoms with Crippen LogP contribution in [0.15, 0.2) is 59.0 Å². The van der Waals surface area contributed by atoms with E-state index in [0.29, 0.717) is 25.3 Å². The van der Waals surface area contributed by atoms with Crippen LogP contribution in [0.4, 0.5) is 14.5 Å². The van der Waals surface area contributed by atoms with Gasteiger partial charge in [0.2, 0.25) is 0 Å². The predicted molar refractivity (Wildman–Crippen MR) is 151 cm³/mol. The summed E-state index contributed by atoms with van der Waals surface area (Å²) in [4.78, 5) is 14.1. The SMILES string of the molecule is CCN(CC)CCOc1ccc(NC2NCC(=C3C=CC(CNCC(=O)OC(C)(C)C)=C(F)C3F)CN2)cc1. The van der Waals surface area contributed by atoms with Crippen molar-refractivity contribution in [1.29, 1.82) is 0 Å². The third kappa shape index (κ3) is 9.72. The van der Waals surface area contributed by atoms with Crippen LogP contribution in [-0.2, 0) is 9.53 Å². The molecule has 1 atom stereocenters. The molecule has 4 N–H and O–H groups in total. The number of hydrogen-bond acceptors (Lipinski definition) is 8. The molecule has 1 fully saturated rings. The van der Waals surface area contributed by atoms with Crippen LogP contribution < -0.4 is 26.0 Å². The molecule has 1 saturated heterocycles. The van der Waals surface area contributed by atoms with Gasteiger partial charge in [0.1, 0.15) is 30.1 Å². The summed E-state index contributed by atoms with van der Waals surface area (Å²) in [6, 6.07) is 7.75. The van der Waals surface area contributed by atoms with Gasteiger partial charge in [0.25, 0.3) is 0 Å². The smallest absolute Gasteiger partial charge is 0.320 e. The zero-order valence-electron chi connectivity index (χ0n) is 23.7. The number of alkyl halides is 1. The quantitative estimate of drug-likeness (QED) is 0.295. The second-order valence-electron chi connectivity index (χ2n) is 10.6. The van der Waals surface area contributed by atoms with Crippen molar-refractivity contribution in [3.05, 3.63) is 59.0 Å². The second-order valence-corrected chi connectivity index (χ2v) is 10.6. The van der Waals surface area contributed by atoms with Crippen molar-refractivity contribution >= 4 is 11.7 Å². The van der Waals surface area contributed by atoms with Gasteiger partial charge >= 0.3 is 5.97 Å². The van der Waals surface area contributed by atoms with Gasteiger partial charge in [0, 0.05) is 37.4 Å². The minimum Gasteiger partial charge on any atom is -0.492 e. The van der Waals surface area contributed by atoms with Crippen LogP contribution in [0.5, 0.6) is 5.75 Å². The minimum absolute atomic E-state index is 0.0346. The number of ether oxygens (including phenoxy) is 2. The van der Waals surface area contributed by atoms with E-state index in [1.165, 1.54) is 0 Å². The molecule has 8 nitrogen and oxygen atoms in total. The molecule has 1 unspecified atom stereocenters. The molecular weight excluding hydrogens is 504 g/mol. The molecule has 0 saturated carbocycles. The number of carbonyl (C=O) groups excluding carboxylic acids is 1. The summed E-state index contributed by atoms with van der Waals surface area (Å²) in [5, 5.41) is 12.7. The number of hydrogen-bond donors (Lipinski definition) is 4. The molecule has 2 aliphatic rings. The largest absolute Gasteiger partial charge is 0.492 e. The van der Waals surface area contributed by atoms with E-state index in [1.807, 2.05) is 24.3 Å². The molecular formula is C29H43F2N5O3. The number of halogens is 2. The Labute approximate surface area is 230 Å². The summed E-state index contributed by atoms with van der Waals surface area (Å²) in [7, 11) is 0. The number of anilines is 1. The molecule has 1 heterocycles. The van der Waals surface area contributed by atoms with E-state index in [-0.39, 0.29) is 25.0 Å². The molecule has 0 amide bonds. The summed E-state index contributed by atoms with van der Waals surface area (Å²) in [5.74, 6) is -0.464. The van der Waals surface area contributed by atoms with E-state index in [9.17, 15) is 13.6 Å². The van der Waals surface area contributed by atoms with Crippen molar-refractivity contribution in [1.82, 2.24) is 20.9 Å². The molecule has 1 aliphatic heterocycles. The topological polar surface area (TPSA) is 86.9 Å². The van der Waals surface area contributed by atoms with Crippen LogP contribution in [0.2, 0.25) is 0 Å². The Morgan fingerprint density at radius 1 is 1.10 bits per heavy atom. The Bertz CT molecular complexity index is 1040. The highest BCUT2D eigenvalue weighted by Gasteiger charge is 2.28. The summed E-state index contributed by atoms with van der Waals surface area (Å²) >= 11 is 0. The van der Waals surface area contributed by atoms with E-state index < -0.39 is 23.6 Å². The predicted octanol–water partition coefficient (Wildman–Crippen LogP) is 3.65. The van der Waals surface area contributed by atoms with Gasteiger partial charge in [-0.3, -0.25) is 15.4 Å². The molecule has 216 valence electrons. The summed E-state index contributed by atoms with van der Waals surface area (Å²) in [5.41, 5.74) is 1.57. The van der Waals surface area contributed by atoms with Crippen molar-refractivity contribution in [3.63, 3.8) is 0 Å². The van der Waals surface area contributed by atoms with E-state index in [2.05, 4.69) is 40.0 Å². The Hall–Kier alpha value is -2.79. The second kappa shape index (κ2) is 14.6. The third-order valence-electron chi connectivity index (χ3n) is 6.45. The van der Waals surface area contributed by atoms with Gasteiger partial charge in [-0.2, -0.15) is 0 Å². The summed E-state index contributed by atoms with van der Waals surface area (Å²) in [6.45, 7) is 13.9. The lowest BCUT2D eigenvalue weighted by Crippen LogP contribution is -2.54. The van der Waals surface area contributed by atoms with Gasteiger partial charge in [0.05, 0.1) is 6.54 Å². The monoisotopic (exact) mass is 547 g/mol. The number of nitrogens with one attached hydrogen (secondary N) is 4. The first kappa shape index (κ1) is 30.7. The van der Waals surface area contributed by atoms with Crippen LogP contribution in [0, 0.1) is 0 Å². The summed E-state index contributed by atoms with van der Waals surface area (Å²) in [6.07, 6.45) is 1.11. The maximum absolute atomic E-state index is 15.0. The molecule has 10 heteroatoms. The van der Waals surface area contributed by atoms with Crippen molar-refractivity contribution < 1.29 is 23.0 Å². The lowest BCUT2D eigenvalue weighted by Gasteiger charge is -2.31. The summed E-state index contributed by atoms with van der Waals surface area (Å²) < 4.78 is 40.8. The number of nitrogens with zero attached hydrogens (tertiary/aromatic N) is 1. The number of carbonyl (C=O) groups is 1. The van der Waals surface area contributed by atoms with Gasteiger partial charge in [-0.25, -0.2) is 8.78 Å².